The minimum Gasteiger partial charge on any atom is -0.495 e. The normalized spacial score (nSPS) is 10.1. The second-order valence-corrected chi connectivity index (χ2v) is 4.01. The summed E-state index contributed by atoms with van der Waals surface area (Å²) in [7, 11) is 1.61. The molecule has 0 N–H and O–H groups in total. The monoisotopic (exact) mass is 259 g/mol. The van der Waals surface area contributed by atoms with Crippen molar-refractivity contribution in [3.63, 3.8) is 0 Å². The fourth-order valence-corrected chi connectivity index (χ4v) is 1.73. The Hall–Kier alpha value is -2.97. The van der Waals surface area contributed by atoms with Crippen LogP contribution in [0, 0.1) is 23.2 Å². The lowest BCUT2D eigenvalue weighted by Gasteiger charge is -2.00. The number of methoxy groups -OCH3 is 1. The summed E-state index contributed by atoms with van der Waals surface area (Å²) in [6.45, 7) is 0. The molecule has 0 aliphatic carbocycles. The lowest BCUT2D eigenvalue weighted by molar-refractivity contribution is 0.413. The van der Waals surface area contributed by atoms with E-state index in [0.29, 0.717) is 5.57 Å². The maximum absolute atomic E-state index is 9.17. The van der Waals surface area contributed by atoms with E-state index in [1.54, 1.807) is 13.2 Å². The molecule has 0 heterocycles. The number of nitriles is 1. The Kier molecular flexibility index (Phi) is 4.60. The van der Waals surface area contributed by atoms with E-state index in [0.717, 1.165) is 16.9 Å². The van der Waals surface area contributed by atoms with Gasteiger partial charge in [-0.25, -0.2) is 0 Å². The van der Waals surface area contributed by atoms with E-state index in [-0.39, 0.29) is 0 Å². The van der Waals surface area contributed by atoms with E-state index < -0.39 is 0 Å². The van der Waals surface area contributed by atoms with Gasteiger partial charge in [0.25, 0.3) is 0 Å². The van der Waals surface area contributed by atoms with Crippen LogP contribution in [0.5, 0.6) is 5.75 Å². The second kappa shape index (κ2) is 6.83. The predicted octanol–water partition coefficient (Wildman–Crippen LogP) is 3.65. The largest absolute Gasteiger partial charge is 0.495 e. The summed E-state index contributed by atoms with van der Waals surface area (Å²) in [5.41, 5.74) is 2.22. The summed E-state index contributed by atoms with van der Waals surface area (Å²) >= 11 is 0. The quantitative estimate of drug-likeness (QED) is 0.609. The molecule has 0 amide bonds. The number of hydrogen-bond acceptors (Lipinski definition) is 2. The van der Waals surface area contributed by atoms with Crippen LogP contribution in [0.4, 0.5) is 0 Å². The van der Waals surface area contributed by atoms with Gasteiger partial charge in [0.05, 0.1) is 18.2 Å². The van der Waals surface area contributed by atoms with Crippen molar-refractivity contribution < 1.29 is 4.74 Å². The highest BCUT2D eigenvalue weighted by Crippen LogP contribution is 2.16. The number of allylic oxidation sites excluding steroid dienone is 2. The van der Waals surface area contributed by atoms with Gasteiger partial charge in [-0.05, 0) is 17.7 Å². The first-order valence-electron chi connectivity index (χ1n) is 6.15. The first kappa shape index (κ1) is 13.5. The number of ether oxygens (including phenoxy) is 1. The smallest absolute Gasteiger partial charge is 0.134 e. The number of rotatable bonds is 2. The molecule has 2 nitrogen and oxygen atoms in total. The maximum Gasteiger partial charge on any atom is 0.134 e. The van der Waals surface area contributed by atoms with Gasteiger partial charge in [-0.3, -0.25) is 0 Å². The van der Waals surface area contributed by atoms with Crippen LogP contribution in [0.2, 0.25) is 0 Å². The van der Waals surface area contributed by atoms with Gasteiger partial charge < -0.3 is 4.74 Å². The van der Waals surface area contributed by atoms with Gasteiger partial charge in [-0.2, -0.15) is 5.26 Å². The Bertz CT molecular complexity index is 712. The molecule has 0 spiro atoms. The van der Waals surface area contributed by atoms with Gasteiger partial charge in [0, 0.05) is 6.08 Å². The molecule has 2 heteroatoms. The minimum atomic E-state index is 0.549. The van der Waals surface area contributed by atoms with Gasteiger partial charge in [0.1, 0.15) is 11.8 Å². The molecule has 0 saturated heterocycles. The number of para-hydroxylation sites is 1. The molecule has 2 rings (SSSR count). The van der Waals surface area contributed by atoms with E-state index in [4.69, 9.17) is 10.00 Å². The fourth-order valence-electron chi connectivity index (χ4n) is 1.73. The van der Waals surface area contributed by atoms with E-state index >= 15 is 0 Å². The summed E-state index contributed by atoms with van der Waals surface area (Å²) in [6, 6.07) is 19.2. The van der Waals surface area contributed by atoms with Crippen LogP contribution < -0.4 is 4.74 Å². The van der Waals surface area contributed by atoms with Gasteiger partial charge in [-0.1, -0.05) is 54.3 Å². The van der Waals surface area contributed by atoms with Gasteiger partial charge in [0.15, 0.2) is 0 Å². The highest BCUT2D eigenvalue weighted by molar-refractivity contribution is 5.78. The van der Waals surface area contributed by atoms with E-state index in [9.17, 15) is 0 Å². The zero-order chi connectivity index (χ0) is 14.2. The molecule has 0 radical (unpaired) electrons. The molecule has 0 atom stereocenters. The molecular formula is C18H13NO. The van der Waals surface area contributed by atoms with Crippen molar-refractivity contribution in [3.05, 3.63) is 71.8 Å². The summed E-state index contributed by atoms with van der Waals surface area (Å²) in [4.78, 5) is 0. The molecule has 0 aliphatic heterocycles. The Labute approximate surface area is 118 Å². The SMILES string of the molecule is COc1ccccc1C#C/C=C(\C#N)c1ccccc1. The molecule has 0 bridgehead atoms. The molecule has 0 saturated carbocycles. The standard InChI is InChI=1S/C18H13NO/c1-20-18-13-6-5-10-16(18)11-7-12-17(14-19)15-8-3-2-4-9-15/h2-6,8-10,12-13H,1H3/b17-12+. The Morgan fingerprint density at radius 3 is 2.45 bits per heavy atom. The summed E-state index contributed by atoms with van der Waals surface area (Å²) in [5, 5.41) is 9.17. The van der Waals surface area contributed by atoms with Crippen LogP contribution >= 0.6 is 0 Å². The average Bonchev–Trinajstić information content (AvgIpc) is 2.53. The van der Waals surface area contributed by atoms with Crippen molar-refractivity contribution in [1.29, 1.82) is 5.26 Å². The molecule has 0 aliphatic rings. The zero-order valence-corrected chi connectivity index (χ0v) is 11.1. The van der Waals surface area contributed by atoms with E-state index in [1.165, 1.54) is 0 Å². The molecule has 0 fully saturated rings. The molecule has 2 aromatic rings. The summed E-state index contributed by atoms with van der Waals surface area (Å²) in [5.74, 6) is 6.64. The molecule has 0 aromatic heterocycles. The molecule has 0 unspecified atom stereocenters. The summed E-state index contributed by atoms with van der Waals surface area (Å²) < 4.78 is 5.23. The molecule has 96 valence electrons. The lowest BCUT2D eigenvalue weighted by atomic mass is 10.1. The number of nitrogens with zero attached hydrogens (tertiary/aromatic N) is 1. The Morgan fingerprint density at radius 1 is 1.05 bits per heavy atom. The first-order chi connectivity index (χ1) is 9.85. The van der Waals surface area contributed by atoms with Gasteiger partial charge in [0.2, 0.25) is 0 Å². The van der Waals surface area contributed by atoms with Crippen molar-refractivity contribution in [2.75, 3.05) is 7.11 Å². The van der Waals surface area contributed by atoms with Gasteiger partial charge in [-0.15, -0.1) is 0 Å². The molecule has 20 heavy (non-hydrogen) atoms. The number of benzene rings is 2. The third-order valence-electron chi connectivity index (χ3n) is 2.74. The maximum atomic E-state index is 9.17. The lowest BCUT2D eigenvalue weighted by Crippen LogP contribution is -1.86. The second-order valence-electron chi connectivity index (χ2n) is 4.01. The van der Waals surface area contributed by atoms with Crippen molar-refractivity contribution in [1.82, 2.24) is 0 Å². The third kappa shape index (κ3) is 3.28. The van der Waals surface area contributed by atoms with Crippen molar-refractivity contribution in [3.8, 4) is 23.7 Å². The van der Waals surface area contributed by atoms with Crippen molar-refractivity contribution in [2.45, 2.75) is 0 Å². The molecular weight excluding hydrogens is 246 g/mol. The Balaban J connectivity index is 2.29. The third-order valence-corrected chi connectivity index (χ3v) is 2.74. The van der Waals surface area contributed by atoms with Crippen LogP contribution in [-0.2, 0) is 0 Å². The predicted molar refractivity (Wildman–Crippen MR) is 79.9 cm³/mol. The van der Waals surface area contributed by atoms with Gasteiger partial charge >= 0.3 is 0 Å². The Morgan fingerprint density at radius 2 is 1.75 bits per heavy atom. The van der Waals surface area contributed by atoms with Crippen LogP contribution in [0.1, 0.15) is 11.1 Å². The van der Waals surface area contributed by atoms with Crippen LogP contribution in [0.15, 0.2) is 60.7 Å². The van der Waals surface area contributed by atoms with Crippen LogP contribution in [-0.4, -0.2) is 7.11 Å². The van der Waals surface area contributed by atoms with Crippen LogP contribution in [0.25, 0.3) is 5.57 Å². The topological polar surface area (TPSA) is 33.0 Å². The van der Waals surface area contributed by atoms with E-state index in [1.807, 2.05) is 54.6 Å². The highest BCUT2D eigenvalue weighted by Gasteiger charge is 1.98. The minimum absolute atomic E-state index is 0.549. The zero-order valence-electron chi connectivity index (χ0n) is 11.1. The first-order valence-corrected chi connectivity index (χ1v) is 6.15. The number of hydrogen-bond donors (Lipinski definition) is 0. The van der Waals surface area contributed by atoms with E-state index in [2.05, 4.69) is 17.9 Å². The molecule has 2 aromatic carbocycles. The van der Waals surface area contributed by atoms with Crippen molar-refractivity contribution in [2.24, 2.45) is 0 Å². The average molecular weight is 259 g/mol. The van der Waals surface area contributed by atoms with Crippen molar-refractivity contribution >= 4 is 5.57 Å². The van der Waals surface area contributed by atoms with Crippen LogP contribution in [0.3, 0.4) is 0 Å². The summed E-state index contributed by atoms with van der Waals surface area (Å²) in [6.07, 6.45) is 1.63. The highest BCUT2D eigenvalue weighted by atomic mass is 16.5. The fraction of sp³-hybridized carbons (Fsp3) is 0.0556.